The van der Waals surface area contributed by atoms with Crippen molar-refractivity contribution in [2.45, 2.75) is 31.3 Å². The summed E-state index contributed by atoms with van der Waals surface area (Å²) in [6.45, 7) is 2.24. The molecule has 1 N–H and O–H groups in total. The fraction of sp³-hybridized carbons (Fsp3) is 0.571. The predicted octanol–water partition coefficient (Wildman–Crippen LogP) is 2.25. The third-order valence-electron chi connectivity index (χ3n) is 4.35. The topological polar surface area (TPSA) is 67.6 Å². The van der Waals surface area contributed by atoms with Gasteiger partial charge in [-0.05, 0) is 31.9 Å². The second kappa shape index (κ2) is 5.28. The molecule has 0 radical (unpaired) electrons. The van der Waals surface area contributed by atoms with E-state index in [9.17, 15) is 10.1 Å². The number of ether oxygens (including phenoxy) is 1. The fourth-order valence-corrected chi connectivity index (χ4v) is 3.37. The van der Waals surface area contributed by atoms with E-state index < -0.39 is 0 Å². The van der Waals surface area contributed by atoms with Crippen LogP contribution in [0.3, 0.4) is 0 Å². The SMILES string of the molecule is COc1ccc([N+](=O)[O-])c(NC2CCN3CCCC23)c1. The largest absolute Gasteiger partial charge is 0.497 e. The Morgan fingerprint density at radius 3 is 3.00 bits per heavy atom. The number of nitro benzene ring substituents is 1. The third-order valence-corrected chi connectivity index (χ3v) is 4.35. The molecule has 3 rings (SSSR count). The molecule has 108 valence electrons. The molecule has 1 aromatic rings. The van der Waals surface area contributed by atoms with Crippen molar-refractivity contribution in [3.8, 4) is 5.75 Å². The van der Waals surface area contributed by atoms with Gasteiger partial charge in [-0.15, -0.1) is 0 Å². The van der Waals surface area contributed by atoms with Crippen molar-refractivity contribution in [2.75, 3.05) is 25.5 Å². The van der Waals surface area contributed by atoms with Gasteiger partial charge in [0.25, 0.3) is 5.69 Å². The zero-order valence-electron chi connectivity index (χ0n) is 11.5. The van der Waals surface area contributed by atoms with Crippen molar-refractivity contribution in [1.29, 1.82) is 0 Å². The number of anilines is 1. The second-order valence-corrected chi connectivity index (χ2v) is 5.43. The number of methoxy groups -OCH3 is 1. The van der Waals surface area contributed by atoms with Gasteiger partial charge in [-0.2, -0.15) is 0 Å². The molecule has 0 saturated carbocycles. The number of nitrogens with zero attached hydrogens (tertiary/aromatic N) is 2. The number of nitro groups is 1. The van der Waals surface area contributed by atoms with Gasteiger partial charge in [0.15, 0.2) is 0 Å². The molecule has 0 amide bonds. The highest BCUT2D eigenvalue weighted by Gasteiger charge is 2.37. The molecule has 2 heterocycles. The number of hydrogen-bond acceptors (Lipinski definition) is 5. The van der Waals surface area contributed by atoms with Crippen LogP contribution in [0.25, 0.3) is 0 Å². The van der Waals surface area contributed by atoms with Crippen molar-refractivity contribution in [3.63, 3.8) is 0 Å². The van der Waals surface area contributed by atoms with Gasteiger partial charge in [-0.1, -0.05) is 0 Å². The Labute approximate surface area is 117 Å². The monoisotopic (exact) mass is 277 g/mol. The van der Waals surface area contributed by atoms with Crippen LogP contribution >= 0.6 is 0 Å². The minimum Gasteiger partial charge on any atom is -0.497 e. The summed E-state index contributed by atoms with van der Waals surface area (Å²) in [5, 5.41) is 14.5. The number of rotatable bonds is 4. The van der Waals surface area contributed by atoms with Gasteiger partial charge in [-0.25, -0.2) is 0 Å². The van der Waals surface area contributed by atoms with Gasteiger partial charge < -0.3 is 10.1 Å². The van der Waals surface area contributed by atoms with E-state index in [2.05, 4.69) is 10.2 Å². The smallest absolute Gasteiger partial charge is 0.292 e. The first-order valence-electron chi connectivity index (χ1n) is 7.02. The Morgan fingerprint density at radius 2 is 2.25 bits per heavy atom. The molecule has 0 spiro atoms. The summed E-state index contributed by atoms with van der Waals surface area (Å²) in [4.78, 5) is 13.3. The van der Waals surface area contributed by atoms with Crippen LogP contribution in [-0.4, -0.2) is 42.1 Å². The Hall–Kier alpha value is -1.82. The molecule has 0 aromatic heterocycles. The van der Waals surface area contributed by atoms with Crippen molar-refractivity contribution in [3.05, 3.63) is 28.3 Å². The highest BCUT2D eigenvalue weighted by molar-refractivity contribution is 5.64. The van der Waals surface area contributed by atoms with Crippen molar-refractivity contribution >= 4 is 11.4 Å². The van der Waals surface area contributed by atoms with Crippen LogP contribution in [-0.2, 0) is 0 Å². The average molecular weight is 277 g/mol. The Morgan fingerprint density at radius 1 is 1.40 bits per heavy atom. The number of fused-ring (bicyclic) bond motifs is 1. The fourth-order valence-electron chi connectivity index (χ4n) is 3.37. The van der Waals surface area contributed by atoms with Crippen molar-refractivity contribution < 1.29 is 9.66 Å². The predicted molar refractivity (Wildman–Crippen MR) is 76.3 cm³/mol. The van der Waals surface area contributed by atoms with Crippen LogP contribution in [0.1, 0.15) is 19.3 Å². The maximum Gasteiger partial charge on any atom is 0.292 e. The van der Waals surface area contributed by atoms with Gasteiger partial charge in [0.1, 0.15) is 11.4 Å². The first-order chi connectivity index (χ1) is 9.69. The third kappa shape index (κ3) is 2.31. The van der Waals surface area contributed by atoms with Gasteiger partial charge in [-0.3, -0.25) is 15.0 Å². The molecule has 2 atom stereocenters. The summed E-state index contributed by atoms with van der Waals surface area (Å²) >= 11 is 0. The first kappa shape index (κ1) is 13.2. The first-order valence-corrected chi connectivity index (χ1v) is 7.02. The molecule has 20 heavy (non-hydrogen) atoms. The van der Waals surface area contributed by atoms with E-state index in [1.807, 2.05) is 0 Å². The summed E-state index contributed by atoms with van der Waals surface area (Å²) in [6, 6.07) is 5.65. The molecule has 2 aliphatic rings. The lowest BCUT2D eigenvalue weighted by atomic mass is 10.1. The van der Waals surface area contributed by atoms with Gasteiger partial charge >= 0.3 is 0 Å². The number of hydrogen-bond donors (Lipinski definition) is 1. The highest BCUT2D eigenvalue weighted by atomic mass is 16.6. The zero-order chi connectivity index (χ0) is 14.1. The quantitative estimate of drug-likeness (QED) is 0.675. The van der Waals surface area contributed by atoms with Crippen LogP contribution in [0.2, 0.25) is 0 Å². The van der Waals surface area contributed by atoms with E-state index in [1.54, 1.807) is 19.2 Å². The van der Waals surface area contributed by atoms with Crippen molar-refractivity contribution in [2.24, 2.45) is 0 Å². The van der Waals surface area contributed by atoms with E-state index >= 15 is 0 Å². The molecular weight excluding hydrogens is 258 g/mol. The van der Waals surface area contributed by atoms with Gasteiger partial charge in [0.05, 0.1) is 12.0 Å². The second-order valence-electron chi connectivity index (χ2n) is 5.43. The molecule has 6 heteroatoms. The van der Waals surface area contributed by atoms with Crippen LogP contribution in [0.4, 0.5) is 11.4 Å². The van der Waals surface area contributed by atoms with Gasteiger partial charge in [0, 0.05) is 30.8 Å². The number of benzene rings is 1. The lowest BCUT2D eigenvalue weighted by Crippen LogP contribution is -2.33. The Balaban J connectivity index is 1.83. The van der Waals surface area contributed by atoms with E-state index in [0.717, 1.165) is 19.5 Å². The molecule has 1 aromatic carbocycles. The Kier molecular flexibility index (Phi) is 3.48. The molecule has 0 aliphatic carbocycles. The summed E-state index contributed by atoms with van der Waals surface area (Å²) in [5.41, 5.74) is 0.676. The molecule has 6 nitrogen and oxygen atoms in total. The molecular formula is C14H19N3O3. The normalized spacial score (nSPS) is 25.4. The summed E-state index contributed by atoms with van der Waals surface area (Å²) in [6.07, 6.45) is 3.44. The molecule has 2 aliphatic heterocycles. The maximum atomic E-state index is 11.1. The van der Waals surface area contributed by atoms with Gasteiger partial charge in [0.2, 0.25) is 0 Å². The van der Waals surface area contributed by atoms with E-state index in [0.29, 0.717) is 23.5 Å². The average Bonchev–Trinajstić information content (AvgIpc) is 3.03. The van der Waals surface area contributed by atoms with Crippen LogP contribution in [0.15, 0.2) is 18.2 Å². The maximum absolute atomic E-state index is 11.1. The molecule has 2 saturated heterocycles. The highest BCUT2D eigenvalue weighted by Crippen LogP contribution is 2.34. The van der Waals surface area contributed by atoms with Crippen LogP contribution in [0, 0.1) is 10.1 Å². The van der Waals surface area contributed by atoms with Crippen molar-refractivity contribution in [1.82, 2.24) is 4.90 Å². The Bertz CT molecular complexity index is 520. The number of nitrogens with one attached hydrogen (secondary N) is 1. The van der Waals surface area contributed by atoms with E-state index in [4.69, 9.17) is 4.74 Å². The van der Waals surface area contributed by atoms with E-state index in [1.165, 1.54) is 18.9 Å². The molecule has 0 bridgehead atoms. The molecule has 2 unspecified atom stereocenters. The molecule has 2 fully saturated rings. The minimum atomic E-state index is -0.344. The van der Waals surface area contributed by atoms with Crippen LogP contribution < -0.4 is 10.1 Å². The van der Waals surface area contributed by atoms with E-state index in [-0.39, 0.29) is 10.6 Å². The summed E-state index contributed by atoms with van der Waals surface area (Å²) in [7, 11) is 1.57. The van der Waals surface area contributed by atoms with Crippen LogP contribution in [0.5, 0.6) is 5.75 Å². The standard InChI is InChI=1S/C14H19N3O3/c1-20-10-4-5-14(17(18)19)12(9-10)15-11-6-8-16-7-2-3-13(11)16/h4-5,9,11,13,15H,2-3,6-8H2,1H3. The zero-order valence-corrected chi connectivity index (χ0v) is 11.5. The summed E-state index contributed by atoms with van der Waals surface area (Å²) in [5.74, 6) is 0.638. The lowest BCUT2D eigenvalue weighted by molar-refractivity contribution is -0.384. The lowest BCUT2D eigenvalue weighted by Gasteiger charge is -2.22. The minimum absolute atomic E-state index is 0.113. The summed E-state index contributed by atoms with van der Waals surface area (Å²) < 4.78 is 5.17.